The van der Waals surface area contributed by atoms with Gasteiger partial charge < -0.3 is 9.47 Å². The highest BCUT2D eigenvalue weighted by Crippen LogP contribution is 2.25. The third-order valence-corrected chi connectivity index (χ3v) is 3.77. The fraction of sp³-hybridized carbons (Fsp3) is 0.0556. The van der Waals surface area contributed by atoms with Crippen molar-refractivity contribution in [2.45, 2.75) is 6.61 Å². The van der Waals surface area contributed by atoms with E-state index in [1.807, 2.05) is 24.3 Å². The summed E-state index contributed by atoms with van der Waals surface area (Å²) in [5.74, 6) is -0.371. The molecule has 0 bridgehead atoms. The molecule has 0 heterocycles. The molecule has 0 saturated heterocycles. The lowest BCUT2D eigenvalue weighted by atomic mass is 10.1. The Bertz CT molecular complexity index is 896. The first-order valence-corrected chi connectivity index (χ1v) is 7.77. The van der Waals surface area contributed by atoms with E-state index < -0.39 is 12.6 Å². The Morgan fingerprint density at radius 3 is 2.46 bits per heavy atom. The Hall–Kier alpha value is -2.47. The van der Waals surface area contributed by atoms with E-state index in [9.17, 15) is 13.6 Å². The lowest BCUT2D eigenvalue weighted by Crippen LogP contribution is -2.09. The molecule has 3 aromatic rings. The molecule has 0 radical (unpaired) electrons. The first-order chi connectivity index (χ1) is 11.5. The maximum atomic E-state index is 12.2. The van der Waals surface area contributed by atoms with Gasteiger partial charge in [0.25, 0.3) is 0 Å². The molecular formula is C18H11BrF2O3. The standard InChI is InChI=1S/C18H11BrF2O3/c19-14-6-4-12-9-16(7-5-11(12)8-14)23-17(22)13-2-1-3-15(10-13)24-18(20)21/h1-10,18H. The van der Waals surface area contributed by atoms with Crippen molar-refractivity contribution in [1.29, 1.82) is 0 Å². The largest absolute Gasteiger partial charge is 0.435 e. The van der Waals surface area contributed by atoms with Crippen LogP contribution in [0, 0.1) is 0 Å². The van der Waals surface area contributed by atoms with Crippen LogP contribution in [-0.2, 0) is 0 Å². The van der Waals surface area contributed by atoms with Crippen LogP contribution in [-0.4, -0.2) is 12.6 Å². The lowest BCUT2D eigenvalue weighted by Gasteiger charge is -2.08. The number of hydrogen-bond acceptors (Lipinski definition) is 3. The van der Waals surface area contributed by atoms with E-state index >= 15 is 0 Å². The summed E-state index contributed by atoms with van der Waals surface area (Å²) in [6, 6.07) is 16.5. The zero-order chi connectivity index (χ0) is 17.1. The van der Waals surface area contributed by atoms with Crippen molar-refractivity contribution in [3.05, 3.63) is 70.7 Å². The second kappa shape index (κ2) is 6.97. The first kappa shape index (κ1) is 16.4. The number of alkyl halides is 2. The van der Waals surface area contributed by atoms with Crippen LogP contribution in [0.4, 0.5) is 8.78 Å². The van der Waals surface area contributed by atoms with Crippen molar-refractivity contribution < 1.29 is 23.0 Å². The van der Waals surface area contributed by atoms with E-state index in [-0.39, 0.29) is 11.3 Å². The summed E-state index contributed by atoms with van der Waals surface area (Å²) in [7, 11) is 0. The molecule has 0 N–H and O–H groups in total. The number of fused-ring (bicyclic) bond motifs is 1. The third kappa shape index (κ3) is 3.89. The predicted molar refractivity (Wildman–Crippen MR) is 89.7 cm³/mol. The van der Waals surface area contributed by atoms with Crippen LogP contribution in [0.25, 0.3) is 10.8 Å². The Labute approximate surface area is 144 Å². The quantitative estimate of drug-likeness (QED) is 0.439. The van der Waals surface area contributed by atoms with Crippen molar-refractivity contribution in [3.8, 4) is 11.5 Å². The summed E-state index contributed by atoms with van der Waals surface area (Å²) >= 11 is 3.39. The minimum atomic E-state index is -2.95. The molecule has 24 heavy (non-hydrogen) atoms. The number of carbonyl (C=O) groups is 1. The van der Waals surface area contributed by atoms with Gasteiger partial charge >= 0.3 is 12.6 Å². The van der Waals surface area contributed by atoms with E-state index in [0.717, 1.165) is 15.2 Å². The molecule has 0 amide bonds. The molecule has 3 aromatic carbocycles. The molecule has 3 rings (SSSR count). The van der Waals surface area contributed by atoms with Crippen molar-refractivity contribution in [2.24, 2.45) is 0 Å². The van der Waals surface area contributed by atoms with Gasteiger partial charge in [-0.3, -0.25) is 0 Å². The molecular weight excluding hydrogens is 382 g/mol. The Morgan fingerprint density at radius 2 is 1.67 bits per heavy atom. The SMILES string of the molecule is O=C(Oc1ccc2cc(Br)ccc2c1)c1cccc(OC(F)F)c1. The van der Waals surface area contributed by atoms with E-state index in [1.165, 1.54) is 24.3 Å². The maximum Gasteiger partial charge on any atom is 0.387 e. The minimum absolute atomic E-state index is 0.0946. The molecule has 0 aromatic heterocycles. The van der Waals surface area contributed by atoms with Crippen molar-refractivity contribution in [1.82, 2.24) is 0 Å². The Morgan fingerprint density at radius 1 is 0.917 bits per heavy atom. The number of benzene rings is 3. The number of rotatable bonds is 4. The average molecular weight is 393 g/mol. The van der Waals surface area contributed by atoms with Gasteiger partial charge in [-0.1, -0.05) is 34.1 Å². The molecule has 0 saturated carbocycles. The monoisotopic (exact) mass is 392 g/mol. The van der Waals surface area contributed by atoms with Gasteiger partial charge in [-0.05, 0) is 53.2 Å². The van der Waals surface area contributed by atoms with Crippen LogP contribution in [0.3, 0.4) is 0 Å². The number of hydrogen-bond donors (Lipinski definition) is 0. The van der Waals surface area contributed by atoms with Crippen LogP contribution in [0.5, 0.6) is 11.5 Å². The molecule has 0 aliphatic carbocycles. The molecule has 6 heteroatoms. The Balaban J connectivity index is 1.80. The molecule has 0 fully saturated rings. The molecule has 0 atom stereocenters. The van der Waals surface area contributed by atoms with Gasteiger partial charge in [-0.15, -0.1) is 0 Å². The number of carbonyl (C=O) groups excluding carboxylic acids is 1. The molecule has 3 nitrogen and oxygen atoms in total. The topological polar surface area (TPSA) is 35.5 Å². The fourth-order valence-electron chi connectivity index (χ4n) is 2.22. The highest BCUT2D eigenvalue weighted by atomic mass is 79.9. The van der Waals surface area contributed by atoms with Gasteiger partial charge in [-0.2, -0.15) is 8.78 Å². The highest BCUT2D eigenvalue weighted by molar-refractivity contribution is 9.10. The molecule has 0 aliphatic rings. The van der Waals surface area contributed by atoms with Gasteiger partial charge in [0.1, 0.15) is 11.5 Å². The summed E-state index contributed by atoms with van der Waals surface area (Å²) in [5.41, 5.74) is 0.129. The smallest absolute Gasteiger partial charge is 0.387 e. The molecule has 0 spiro atoms. The van der Waals surface area contributed by atoms with Gasteiger partial charge in [0.05, 0.1) is 5.56 Å². The summed E-state index contributed by atoms with van der Waals surface area (Å²) in [4.78, 5) is 12.2. The predicted octanol–water partition coefficient (Wildman–Crippen LogP) is 5.42. The number of ether oxygens (including phenoxy) is 2. The summed E-state index contributed by atoms with van der Waals surface area (Å²) in [5, 5.41) is 1.91. The highest BCUT2D eigenvalue weighted by Gasteiger charge is 2.12. The second-order valence-electron chi connectivity index (χ2n) is 4.95. The third-order valence-electron chi connectivity index (χ3n) is 3.28. The van der Waals surface area contributed by atoms with Crippen molar-refractivity contribution in [2.75, 3.05) is 0 Å². The molecule has 122 valence electrons. The van der Waals surface area contributed by atoms with E-state index in [1.54, 1.807) is 12.1 Å². The summed E-state index contributed by atoms with van der Waals surface area (Å²) in [6.45, 7) is -2.95. The Kier molecular flexibility index (Phi) is 4.76. The van der Waals surface area contributed by atoms with Crippen molar-refractivity contribution in [3.63, 3.8) is 0 Å². The lowest BCUT2D eigenvalue weighted by molar-refractivity contribution is -0.0499. The second-order valence-corrected chi connectivity index (χ2v) is 5.86. The van der Waals surface area contributed by atoms with E-state index in [4.69, 9.17) is 4.74 Å². The summed E-state index contributed by atoms with van der Waals surface area (Å²) in [6.07, 6.45) is 0. The van der Waals surface area contributed by atoms with Gasteiger partial charge in [0.2, 0.25) is 0 Å². The molecule has 0 unspecified atom stereocenters. The van der Waals surface area contributed by atoms with Gasteiger partial charge in [0.15, 0.2) is 0 Å². The van der Waals surface area contributed by atoms with E-state index in [2.05, 4.69) is 20.7 Å². The molecule has 0 aliphatic heterocycles. The van der Waals surface area contributed by atoms with Crippen LogP contribution < -0.4 is 9.47 Å². The minimum Gasteiger partial charge on any atom is -0.435 e. The van der Waals surface area contributed by atoms with Crippen molar-refractivity contribution >= 4 is 32.7 Å². The van der Waals surface area contributed by atoms with Gasteiger partial charge in [-0.25, -0.2) is 4.79 Å². The normalized spacial score (nSPS) is 10.8. The van der Waals surface area contributed by atoms with Crippen LogP contribution >= 0.6 is 15.9 Å². The van der Waals surface area contributed by atoms with Crippen LogP contribution in [0.1, 0.15) is 10.4 Å². The zero-order valence-electron chi connectivity index (χ0n) is 12.2. The summed E-state index contributed by atoms with van der Waals surface area (Å²) < 4.78 is 35.0. The van der Waals surface area contributed by atoms with E-state index in [0.29, 0.717) is 5.75 Å². The first-order valence-electron chi connectivity index (χ1n) is 6.98. The number of halogens is 3. The van der Waals surface area contributed by atoms with Crippen LogP contribution in [0.2, 0.25) is 0 Å². The fourth-order valence-corrected chi connectivity index (χ4v) is 2.60. The maximum absolute atomic E-state index is 12.2. The van der Waals surface area contributed by atoms with Crippen LogP contribution in [0.15, 0.2) is 65.1 Å². The average Bonchev–Trinajstić information content (AvgIpc) is 2.54. The number of esters is 1. The zero-order valence-corrected chi connectivity index (χ0v) is 13.8. The van der Waals surface area contributed by atoms with Gasteiger partial charge in [0, 0.05) is 4.47 Å².